The minimum absolute atomic E-state index is 0.146. The molecule has 5 rings (SSSR count). The van der Waals surface area contributed by atoms with E-state index in [1.807, 2.05) is 12.1 Å². The Balaban J connectivity index is 1.55. The summed E-state index contributed by atoms with van der Waals surface area (Å²) in [7, 11) is -3.39. The number of nitrogens with zero attached hydrogens (tertiary/aromatic N) is 5. The molecule has 0 fully saturated rings. The average Bonchev–Trinajstić information content (AvgIpc) is 3.29. The third kappa shape index (κ3) is 4.61. The van der Waals surface area contributed by atoms with Crippen molar-refractivity contribution in [3.63, 3.8) is 0 Å². The van der Waals surface area contributed by atoms with Gasteiger partial charge in [0.25, 0.3) is 11.8 Å². The lowest BCUT2D eigenvalue weighted by molar-refractivity contribution is 0.0992. The number of amides is 2. The van der Waals surface area contributed by atoms with Gasteiger partial charge >= 0.3 is 0 Å². The van der Waals surface area contributed by atoms with Crippen LogP contribution < -0.4 is 11.1 Å². The second-order valence-corrected chi connectivity index (χ2v) is 10.8. The highest BCUT2D eigenvalue weighted by atomic mass is 32.2. The van der Waals surface area contributed by atoms with Crippen LogP contribution in [0.3, 0.4) is 0 Å². The first-order valence-corrected chi connectivity index (χ1v) is 13.4. The van der Waals surface area contributed by atoms with Crippen LogP contribution in [0.2, 0.25) is 0 Å². The Labute approximate surface area is 217 Å². The van der Waals surface area contributed by atoms with Gasteiger partial charge in [0.1, 0.15) is 0 Å². The van der Waals surface area contributed by atoms with Crippen molar-refractivity contribution < 1.29 is 18.0 Å². The highest BCUT2D eigenvalue weighted by Gasteiger charge is 2.28. The van der Waals surface area contributed by atoms with Gasteiger partial charge in [-0.1, -0.05) is 23.3 Å². The summed E-state index contributed by atoms with van der Waals surface area (Å²) in [6.45, 7) is 0. The molecule has 0 atom stereocenters. The number of nitrogens with two attached hydrogens (primary N) is 1. The van der Waals surface area contributed by atoms with E-state index in [1.54, 1.807) is 47.1 Å². The van der Waals surface area contributed by atoms with Crippen molar-refractivity contribution in [3.8, 4) is 16.9 Å². The number of primary amides is 1. The maximum atomic E-state index is 12.8. The Hall–Kier alpha value is -4.93. The highest BCUT2D eigenvalue weighted by Crippen LogP contribution is 2.38. The molecule has 11 nitrogen and oxygen atoms in total. The van der Waals surface area contributed by atoms with Crippen LogP contribution in [0.5, 0.6) is 0 Å². The number of benzene rings is 3. The fourth-order valence-corrected chi connectivity index (χ4v) is 5.10. The molecule has 0 unspecified atom stereocenters. The molecule has 1 aromatic heterocycles. The summed E-state index contributed by atoms with van der Waals surface area (Å²) >= 11 is 0. The summed E-state index contributed by atoms with van der Waals surface area (Å²) < 4.78 is 25.4. The first kappa shape index (κ1) is 24.8. The topological polar surface area (TPSA) is 173 Å². The Morgan fingerprint density at radius 1 is 1.05 bits per heavy atom. The fraction of sp³-hybridized carbons (Fsp3) is 0.115. The largest absolute Gasteiger partial charge is 0.364 e. The summed E-state index contributed by atoms with van der Waals surface area (Å²) in [4.78, 5) is 28.0. The zero-order chi connectivity index (χ0) is 27.0. The quantitative estimate of drug-likeness (QED) is 0.215. The van der Waals surface area contributed by atoms with Gasteiger partial charge < -0.3 is 11.1 Å². The molecule has 3 aromatic carbocycles. The van der Waals surface area contributed by atoms with Gasteiger partial charge in [0.05, 0.1) is 16.3 Å². The van der Waals surface area contributed by atoms with Crippen LogP contribution in [-0.4, -0.2) is 36.3 Å². The standard InChI is InChI=1S/C26H21N7O4S/c1-38(36,37)20-11-9-19(10-12-20)33-24-21(23(31-33)25(27)34)13-5-15-2-8-18(14-22(15)24)29-26(35)16-3-6-17(7-4-16)30-32-28/h2-4,6-12,14H,5,13H2,1H3,(H2,27,34)(H,29,35). The second-order valence-electron chi connectivity index (χ2n) is 8.78. The molecule has 0 radical (unpaired) electrons. The molecule has 2 amide bonds. The molecule has 38 heavy (non-hydrogen) atoms. The Kier molecular flexibility index (Phi) is 6.19. The molecule has 0 saturated heterocycles. The molecule has 0 aliphatic heterocycles. The van der Waals surface area contributed by atoms with E-state index in [4.69, 9.17) is 11.3 Å². The van der Waals surface area contributed by atoms with E-state index in [-0.39, 0.29) is 16.5 Å². The van der Waals surface area contributed by atoms with E-state index >= 15 is 0 Å². The molecule has 0 bridgehead atoms. The van der Waals surface area contributed by atoms with Gasteiger partial charge in [-0.2, -0.15) is 5.10 Å². The molecular weight excluding hydrogens is 506 g/mol. The molecule has 1 aliphatic rings. The van der Waals surface area contributed by atoms with Gasteiger partial charge in [-0.15, -0.1) is 0 Å². The van der Waals surface area contributed by atoms with Gasteiger partial charge in [-0.25, -0.2) is 13.1 Å². The normalized spacial score (nSPS) is 12.1. The van der Waals surface area contributed by atoms with E-state index in [9.17, 15) is 18.0 Å². The van der Waals surface area contributed by atoms with Gasteiger partial charge in [0, 0.05) is 39.2 Å². The number of nitrogens with one attached hydrogen (secondary N) is 1. The van der Waals surface area contributed by atoms with Crippen molar-refractivity contribution >= 4 is 33.0 Å². The predicted molar refractivity (Wildman–Crippen MR) is 141 cm³/mol. The van der Waals surface area contributed by atoms with Crippen molar-refractivity contribution in [1.29, 1.82) is 0 Å². The zero-order valence-electron chi connectivity index (χ0n) is 20.1. The molecule has 4 aromatic rings. The molecule has 0 spiro atoms. The van der Waals surface area contributed by atoms with Crippen LogP contribution >= 0.6 is 0 Å². The van der Waals surface area contributed by atoms with Crippen molar-refractivity contribution in [2.24, 2.45) is 10.8 Å². The molecular formula is C26H21N7O4S. The molecule has 3 N–H and O–H groups in total. The number of sulfone groups is 1. The van der Waals surface area contributed by atoms with E-state index in [0.717, 1.165) is 17.4 Å². The molecule has 1 aliphatic carbocycles. The van der Waals surface area contributed by atoms with E-state index < -0.39 is 15.7 Å². The number of hydrogen-bond acceptors (Lipinski definition) is 6. The number of carbonyl (C=O) groups excluding carboxylic acids is 2. The average molecular weight is 528 g/mol. The van der Waals surface area contributed by atoms with Crippen molar-refractivity contribution in [2.75, 3.05) is 11.6 Å². The number of fused-ring (bicyclic) bond motifs is 3. The van der Waals surface area contributed by atoms with Crippen LogP contribution in [0.4, 0.5) is 11.4 Å². The summed E-state index contributed by atoms with van der Waals surface area (Å²) in [5.41, 5.74) is 19.3. The monoisotopic (exact) mass is 527 g/mol. The van der Waals surface area contributed by atoms with Gasteiger partial charge in [0.2, 0.25) is 0 Å². The first-order chi connectivity index (χ1) is 18.2. The molecule has 12 heteroatoms. The lowest BCUT2D eigenvalue weighted by Crippen LogP contribution is -2.15. The van der Waals surface area contributed by atoms with Gasteiger partial charge in [0.15, 0.2) is 15.5 Å². The predicted octanol–water partition coefficient (Wildman–Crippen LogP) is 4.33. The Bertz CT molecular complexity index is 1750. The number of anilines is 1. The van der Waals surface area contributed by atoms with Crippen molar-refractivity contribution in [1.82, 2.24) is 9.78 Å². The summed E-state index contributed by atoms with van der Waals surface area (Å²) in [6, 6.07) is 17.9. The zero-order valence-corrected chi connectivity index (χ0v) is 20.9. The number of carbonyl (C=O) groups is 2. The number of aryl methyl sites for hydroxylation is 1. The highest BCUT2D eigenvalue weighted by molar-refractivity contribution is 7.90. The first-order valence-electron chi connectivity index (χ1n) is 11.5. The second kappa shape index (κ2) is 9.51. The Morgan fingerprint density at radius 2 is 1.76 bits per heavy atom. The number of rotatable bonds is 6. The lowest BCUT2D eigenvalue weighted by atomic mass is 9.88. The molecule has 1 heterocycles. The number of hydrogen-bond donors (Lipinski definition) is 2. The van der Waals surface area contributed by atoms with Crippen LogP contribution in [0.25, 0.3) is 27.4 Å². The summed E-state index contributed by atoms with van der Waals surface area (Å²) in [5, 5.41) is 10.9. The minimum atomic E-state index is -3.39. The lowest BCUT2D eigenvalue weighted by Gasteiger charge is -2.20. The fourth-order valence-electron chi connectivity index (χ4n) is 4.47. The van der Waals surface area contributed by atoms with Crippen LogP contribution in [0.15, 0.2) is 76.7 Å². The van der Waals surface area contributed by atoms with E-state index in [1.165, 1.54) is 12.1 Å². The third-order valence-electron chi connectivity index (χ3n) is 6.28. The maximum Gasteiger partial charge on any atom is 0.269 e. The number of azide groups is 1. The minimum Gasteiger partial charge on any atom is -0.364 e. The van der Waals surface area contributed by atoms with Crippen LogP contribution in [0.1, 0.15) is 32.0 Å². The van der Waals surface area contributed by atoms with Crippen molar-refractivity contribution in [3.05, 3.63) is 99.6 Å². The van der Waals surface area contributed by atoms with Crippen LogP contribution in [-0.2, 0) is 22.7 Å². The molecule has 190 valence electrons. The van der Waals surface area contributed by atoms with Crippen LogP contribution in [0, 0.1) is 0 Å². The van der Waals surface area contributed by atoms with Gasteiger partial charge in [-0.05, 0) is 72.5 Å². The smallest absolute Gasteiger partial charge is 0.269 e. The van der Waals surface area contributed by atoms with Crippen molar-refractivity contribution in [2.45, 2.75) is 17.7 Å². The third-order valence-corrected chi connectivity index (χ3v) is 7.41. The van der Waals surface area contributed by atoms with E-state index in [0.29, 0.717) is 46.7 Å². The molecule has 0 saturated carbocycles. The summed E-state index contributed by atoms with van der Waals surface area (Å²) in [6.07, 6.45) is 2.32. The van der Waals surface area contributed by atoms with E-state index in [2.05, 4.69) is 20.4 Å². The van der Waals surface area contributed by atoms with Gasteiger partial charge in [-0.3, -0.25) is 9.59 Å². The number of aromatic nitrogens is 2. The Morgan fingerprint density at radius 3 is 2.39 bits per heavy atom. The summed E-state index contributed by atoms with van der Waals surface area (Å²) in [5.74, 6) is -1.01. The maximum absolute atomic E-state index is 12.8. The SMILES string of the molecule is CS(=O)(=O)c1ccc(-n2nc(C(N)=O)c3c2-c2cc(NC(=O)c4ccc(N=[N+]=[N-])cc4)ccc2CC3)cc1.